The number of aliphatic hydroxyl groups excluding tert-OH is 2. The third-order valence-electron chi connectivity index (χ3n) is 3.63. The number of nitrogens with one attached hydrogen (secondary N) is 3. The third-order valence-corrected chi connectivity index (χ3v) is 3.63. The molecule has 0 aliphatic heterocycles. The van der Waals surface area contributed by atoms with Crippen LogP contribution in [0.4, 0.5) is 0 Å². The number of hydrogen-bond donors (Lipinski definition) is 9. The minimum Gasteiger partial charge on any atom is -0.481 e. The Labute approximate surface area is 169 Å². The fraction of sp³-hybridized carbons (Fsp3) is 0.600. The Morgan fingerprint density at radius 2 is 1.37 bits per heavy atom. The fourth-order valence-electron chi connectivity index (χ4n) is 2.08. The molecular weight excluding hydrogens is 410 g/mol. The summed E-state index contributed by atoms with van der Waals surface area (Å²) < 4.78 is 0. The number of nitrogens with two attached hydrogens (primary N) is 2. The van der Waals surface area contributed by atoms with Crippen LogP contribution < -0.4 is 27.4 Å². The van der Waals surface area contributed by atoms with Gasteiger partial charge in [-0.05, 0) is 6.92 Å². The molecule has 0 aliphatic carbocycles. The minimum atomic E-state index is -1.76. The molecule has 5 atom stereocenters. The maximum absolute atomic E-state index is 12.3. The van der Waals surface area contributed by atoms with Gasteiger partial charge < -0.3 is 47.8 Å². The molecule has 0 aliphatic rings. The van der Waals surface area contributed by atoms with E-state index >= 15 is 0 Å². The predicted molar refractivity (Wildman–Crippen MR) is 96.2 cm³/mol. The van der Waals surface area contributed by atoms with Crippen LogP contribution in [0, 0.1) is 0 Å². The molecule has 0 aromatic carbocycles. The topological polar surface area (TPSA) is 271 Å². The van der Waals surface area contributed by atoms with E-state index in [1.54, 1.807) is 0 Å². The Morgan fingerprint density at radius 3 is 1.77 bits per heavy atom. The van der Waals surface area contributed by atoms with E-state index in [0.717, 1.165) is 6.92 Å². The minimum absolute atomic E-state index is 0.756. The zero-order chi connectivity index (χ0) is 23.6. The van der Waals surface area contributed by atoms with Gasteiger partial charge in [0, 0.05) is 0 Å². The van der Waals surface area contributed by atoms with Crippen molar-refractivity contribution in [2.75, 3.05) is 6.61 Å². The van der Waals surface area contributed by atoms with Crippen LogP contribution >= 0.6 is 0 Å². The number of primary amides is 1. The van der Waals surface area contributed by atoms with Crippen LogP contribution in [0.1, 0.15) is 19.8 Å². The zero-order valence-electron chi connectivity index (χ0n) is 15.9. The second-order valence-corrected chi connectivity index (χ2v) is 6.24. The number of rotatable bonds is 13. The molecule has 170 valence electrons. The van der Waals surface area contributed by atoms with Crippen molar-refractivity contribution in [1.82, 2.24) is 16.0 Å². The van der Waals surface area contributed by atoms with Gasteiger partial charge in [0.2, 0.25) is 23.6 Å². The van der Waals surface area contributed by atoms with Crippen molar-refractivity contribution < 1.29 is 49.2 Å². The lowest BCUT2D eigenvalue weighted by molar-refractivity contribution is -0.145. The van der Waals surface area contributed by atoms with E-state index in [-0.39, 0.29) is 0 Å². The van der Waals surface area contributed by atoms with E-state index < -0.39 is 85.3 Å². The van der Waals surface area contributed by atoms with Crippen LogP contribution in [-0.4, -0.2) is 92.9 Å². The van der Waals surface area contributed by atoms with Crippen LogP contribution in [-0.2, 0) is 28.8 Å². The van der Waals surface area contributed by atoms with Gasteiger partial charge in [-0.25, -0.2) is 4.79 Å². The molecule has 0 aromatic heterocycles. The van der Waals surface area contributed by atoms with Crippen LogP contribution in [0.2, 0.25) is 0 Å². The molecule has 4 amide bonds. The molecule has 0 saturated heterocycles. The number of carbonyl (C=O) groups excluding carboxylic acids is 4. The molecule has 0 radical (unpaired) electrons. The van der Waals surface area contributed by atoms with Crippen LogP contribution in [0.5, 0.6) is 0 Å². The summed E-state index contributed by atoms with van der Waals surface area (Å²) in [6.07, 6.45) is -3.04. The fourth-order valence-corrected chi connectivity index (χ4v) is 2.08. The van der Waals surface area contributed by atoms with Crippen molar-refractivity contribution in [3.63, 3.8) is 0 Å². The van der Waals surface area contributed by atoms with Gasteiger partial charge >= 0.3 is 11.9 Å². The maximum atomic E-state index is 12.3. The Bertz CT molecular complexity index is 683. The Morgan fingerprint density at radius 1 is 0.867 bits per heavy atom. The average Bonchev–Trinajstić information content (AvgIpc) is 2.61. The number of carboxylic acids is 2. The Hall–Kier alpha value is -3.30. The highest BCUT2D eigenvalue weighted by Crippen LogP contribution is 2.00. The average molecular weight is 435 g/mol. The van der Waals surface area contributed by atoms with E-state index in [2.05, 4.69) is 0 Å². The molecule has 30 heavy (non-hydrogen) atoms. The van der Waals surface area contributed by atoms with Gasteiger partial charge in [0.1, 0.15) is 12.1 Å². The molecule has 0 fully saturated rings. The van der Waals surface area contributed by atoms with E-state index in [1.165, 1.54) is 0 Å². The van der Waals surface area contributed by atoms with Crippen LogP contribution in [0.3, 0.4) is 0 Å². The highest BCUT2D eigenvalue weighted by Gasteiger charge is 2.32. The molecule has 0 spiro atoms. The van der Waals surface area contributed by atoms with Gasteiger partial charge in [0.15, 0.2) is 6.04 Å². The SMILES string of the molecule is CC(O)C(NC(=O)C(CC(N)=O)NC(=O)C(CO)NC(=O)C(N)CC(=O)O)C(=O)O. The van der Waals surface area contributed by atoms with Gasteiger partial charge in [0.25, 0.3) is 0 Å². The number of amides is 4. The normalized spacial score (nSPS) is 15.6. The van der Waals surface area contributed by atoms with Gasteiger partial charge in [-0.2, -0.15) is 0 Å². The second-order valence-electron chi connectivity index (χ2n) is 6.24. The summed E-state index contributed by atoms with van der Waals surface area (Å²) >= 11 is 0. The Kier molecular flexibility index (Phi) is 10.9. The summed E-state index contributed by atoms with van der Waals surface area (Å²) in [5.41, 5.74) is 10.3. The van der Waals surface area contributed by atoms with Crippen LogP contribution in [0.15, 0.2) is 0 Å². The first-order chi connectivity index (χ1) is 13.8. The summed E-state index contributed by atoms with van der Waals surface area (Å²) in [4.78, 5) is 69.2. The van der Waals surface area contributed by atoms with Crippen molar-refractivity contribution in [2.24, 2.45) is 11.5 Å². The lowest BCUT2D eigenvalue weighted by atomic mass is 10.1. The van der Waals surface area contributed by atoms with Crippen LogP contribution in [0.25, 0.3) is 0 Å². The van der Waals surface area contributed by atoms with E-state index in [0.29, 0.717) is 0 Å². The highest BCUT2D eigenvalue weighted by atomic mass is 16.4. The molecule has 0 aromatic rings. The first kappa shape index (κ1) is 26.7. The number of hydrogen-bond acceptors (Lipinski definition) is 9. The molecule has 0 heterocycles. The van der Waals surface area contributed by atoms with E-state index in [9.17, 15) is 39.0 Å². The summed E-state index contributed by atoms with van der Waals surface area (Å²) in [7, 11) is 0. The predicted octanol–water partition coefficient (Wildman–Crippen LogP) is -5.42. The molecular formula is C15H25N5O10. The van der Waals surface area contributed by atoms with Gasteiger partial charge in [-0.15, -0.1) is 0 Å². The summed E-state index contributed by atoms with van der Waals surface area (Å²) in [5, 5.41) is 42.2. The standard InChI is InChI=1S/C15H25N5O10/c1-5(22)11(15(29)30)20-13(27)7(3-9(17)23)18-14(28)8(4-21)19-12(26)6(16)2-10(24)25/h5-8,11,21-22H,2-4,16H2,1H3,(H2,17,23)(H,18,28)(H,19,26)(H,20,27)(H,24,25)(H,29,30). The highest BCUT2D eigenvalue weighted by molar-refractivity contribution is 5.96. The lowest BCUT2D eigenvalue weighted by Gasteiger charge is -2.24. The number of aliphatic carboxylic acids is 2. The molecule has 0 bridgehead atoms. The van der Waals surface area contributed by atoms with Gasteiger partial charge in [-0.3, -0.25) is 24.0 Å². The van der Waals surface area contributed by atoms with Gasteiger partial charge in [0.05, 0.1) is 31.6 Å². The van der Waals surface area contributed by atoms with Crippen molar-refractivity contribution in [3.05, 3.63) is 0 Å². The number of carboxylic acid groups (broad SMARTS) is 2. The molecule has 0 saturated carbocycles. The smallest absolute Gasteiger partial charge is 0.328 e. The van der Waals surface area contributed by atoms with Crippen molar-refractivity contribution >= 4 is 35.6 Å². The van der Waals surface area contributed by atoms with Gasteiger partial charge in [-0.1, -0.05) is 0 Å². The lowest BCUT2D eigenvalue weighted by Crippen LogP contribution is -2.59. The Balaban J connectivity index is 5.28. The first-order valence-corrected chi connectivity index (χ1v) is 8.48. The number of aliphatic hydroxyl groups is 2. The molecule has 0 rings (SSSR count). The summed E-state index contributed by atoms with van der Waals surface area (Å²) in [6, 6.07) is -6.66. The second kappa shape index (κ2) is 12.3. The van der Waals surface area contributed by atoms with E-state index in [1.807, 2.05) is 16.0 Å². The third kappa shape index (κ3) is 9.26. The summed E-state index contributed by atoms with van der Waals surface area (Å²) in [5.74, 6) is -7.45. The van der Waals surface area contributed by atoms with Crippen molar-refractivity contribution in [3.8, 4) is 0 Å². The molecule has 15 heteroatoms. The first-order valence-electron chi connectivity index (χ1n) is 8.48. The summed E-state index contributed by atoms with van der Waals surface area (Å²) in [6.45, 7) is 0.103. The zero-order valence-corrected chi connectivity index (χ0v) is 15.9. The molecule has 15 nitrogen and oxygen atoms in total. The van der Waals surface area contributed by atoms with Crippen molar-refractivity contribution in [1.29, 1.82) is 0 Å². The monoisotopic (exact) mass is 435 g/mol. The molecule has 11 N–H and O–H groups in total. The quantitative estimate of drug-likeness (QED) is 0.132. The van der Waals surface area contributed by atoms with E-state index in [4.69, 9.17) is 21.7 Å². The van der Waals surface area contributed by atoms with Crippen molar-refractivity contribution in [2.45, 2.75) is 50.0 Å². The number of carbonyl (C=O) groups is 6. The molecule has 5 unspecified atom stereocenters. The maximum Gasteiger partial charge on any atom is 0.328 e. The largest absolute Gasteiger partial charge is 0.481 e.